The number of rotatable bonds is 12. The predicted molar refractivity (Wildman–Crippen MR) is 184 cm³/mol. The molecular formula is C38H45N3O4. The third-order valence-electron chi connectivity index (χ3n) is 7.91. The smallest absolute Gasteiger partial charge is 0.258 e. The van der Waals surface area contributed by atoms with Crippen LogP contribution in [0.2, 0.25) is 0 Å². The van der Waals surface area contributed by atoms with E-state index in [1.807, 2.05) is 36.4 Å². The fourth-order valence-electron chi connectivity index (χ4n) is 5.13. The van der Waals surface area contributed by atoms with Crippen LogP contribution >= 0.6 is 0 Å². The molecule has 0 aromatic heterocycles. The summed E-state index contributed by atoms with van der Waals surface area (Å²) in [5.41, 5.74) is 9.70. The zero-order valence-corrected chi connectivity index (χ0v) is 27.2. The molecule has 4 aromatic rings. The van der Waals surface area contributed by atoms with Gasteiger partial charge in [-0.15, -0.1) is 0 Å². The number of aryl methyl sites for hydroxylation is 1. The Morgan fingerprint density at radius 2 is 1.40 bits per heavy atom. The van der Waals surface area contributed by atoms with Gasteiger partial charge in [0.15, 0.2) is 5.78 Å². The normalized spacial score (nSPS) is 12.0. The number of Topliss-reactive ketones (excluding diaryl/α,β-unsaturated/α-hetero) is 2. The molecule has 0 heterocycles. The molecule has 0 aliphatic carbocycles. The average Bonchev–Trinajstić information content (AvgIpc) is 3.03. The molecule has 0 fully saturated rings. The number of carbonyl (C=O) groups excluding carboxylic acids is 4. The summed E-state index contributed by atoms with van der Waals surface area (Å²) in [7, 11) is 0. The molecule has 7 nitrogen and oxygen atoms in total. The van der Waals surface area contributed by atoms with Crippen LogP contribution in [-0.2, 0) is 16.1 Å². The molecule has 0 saturated heterocycles. The largest absolute Gasteiger partial charge is 0.322 e. The van der Waals surface area contributed by atoms with E-state index in [2.05, 4.69) is 45.0 Å². The lowest BCUT2D eigenvalue weighted by molar-refractivity contribution is -0.117. The van der Waals surface area contributed by atoms with Crippen molar-refractivity contribution in [3.05, 3.63) is 107 Å². The van der Waals surface area contributed by atoms with E-state index in [1.165, 1.54) is 13.8 Å². The van der Waals surface area contributed by atoms with Crippen molar-refractivity contribution in [2.45, 2.75) is 67.0 Å². The van der Waals surface area contributed by atoms with Crippen LogP contribution in [0.5, 0.6) is 0 Å². The zero-order valence-electron chi connectivity index (χ0n) is 27.2. The Balaban J connectivity index is 0.000000838. The van der Waals surface area contributed by atoms with E-state index in [-0.39, 0.29) is 29.4 Å². The number of anilines is 2. The number of carbonyl (C=O) groups is 4. The van der Waals surface area contributed by atoms with Crippen LogP contribution in [0.4, 0.5) is 11.4 Å². The first-order valence-corrected chi connectivity index (χ1v) is 15.5. The van der Waals surface area contributed by atoms with Crippen LogP contribution in [0.3, 0.4) is 0 Å². The first kappa shape index (κ1) is 34.9. The van der Waals surface area contributed by atoms with Gasteiger partial charge in [0.05, 0.1) is 24.0 Å². The molecule has 7 heteroatoms. The molecule has 2 atom stereocenters. The molecule has 0 aliphatic rings. The van der Waals surface area contributed by atoms with Gasteiger partial charge in [-0.05, 0) is 86.2 Å². The van der Waals surface area contributed by atoms with Gasteiger partial charge in [-0.1, -0.05) is 80.9 Å². The molecule has 0 bridgehead atoms. The third kappa shape index (κ3) is 9.19. The lowest BCUT2D eigenvalue weighted by Crippen LogP contribution is -2.36. The van der Waals surface area contributed by atoms with E-state index in [0.29, 0.717) is 35.6 Å². The van der Waals surface area contributed by atoms with Crippen molar-refractivity contribution in [3.63, 3.8) is 0 Å². The van der Waals surface area contributed by atoms with Gasteiger partial charge in [-0.3, -0.25) is 19.2 Å². The van der Waals surface area contributed by atoms with Crippen molar-refractivity contribution in [1.29, 1.82) is 0 Å². The second-order valence-corrected chi connectivity index (χ2v) is 11.6. The van der Waals surface area contributed by atoms with Gasteiger partial charge in [0, 0.05) is 17.7 Å². The zero-order chi connectivity index (χ0) is 33.1. The molecule has 45 heavy (non-hydrogen) atoms. The van der Waals surface area contributed by atoms with E-state index >= 15 is 0 Å². The SMILES string of the molecule is CC(=O)C(C)N.CCCC(C)CN(C(=O)c1ccc(C(C)=O)cc1)c1ccccc1N(C=O)Cc1c(C)ccc2ccccc12. The fourth-order valence-corrected chi connectivity index (χ4v) is 5.13. The fraction of sp³-hybridized carbons (Fsp3) is 0.316. The monoisotopic (exact) mass is 607 g/mol. The van der Waals surface area contributed by atoms with Crippen LogP contribution in [0.15, 0.2) is 84.9 Å². The van der Waals surface area contributed by atoms with Gasteiger partial charge in [0.1, 0.15) is 5.78 Å². The number of hydrogen-bond acceptors (Lipinski definition) is 5. The molecule has 0 radical (unpaired) electrons. The Morgan fingerprint density at radius 1 is 0.822 bits per heavy atom. The Morgan fingerprint density at radius 3 is 1.98 bits per heavy atom. The number of ketones is 2. The van der Waals surface area contributed by atoms with Gasteiger partial charge >= 0.3 is 0 Å². The van der Waals surface area contributed by atoms with Gasteiger partial charge in [0.25, 0.3) is 5.91 Å². The lowest BCUT2D eigenvalue weighted by atomic mass is 9.99. The first-order chi connectivity index (χ1) is 21.5. The van der Waals surface area contributed by atoms with Crippen LogP contribution in [0.1, 0.15) is 79.3 Å². The number of nitrogens with two attached hydrogens (primary N) is 1. The van der Waals surface area contributed by atoms with E-state index < -0.39 is 0 Å². The van der Waals surface area contributed by atoms with Crippen LogP contribution in [-0.4, -0.2) is 36.5 Å². The van der Waals surface area contributed by atoms with Crippen molar-refractivity contribution in [2.24, 2.45) is 11.7 Å². The highest BCUT2D eigenvalue weighted by Crippen LogP contribution is 2.33. The Kier molecular flexibility index (Phi) is 12.7. The predicted octanol–water partition coefficient (Wildman–Crippen LogP) is 7.52. The number of benzene rings is 4. The van der Waals surface area contributed by atoms with Crippen molar-refractivity contribution in [2.75, 3.05) is 16.3 Å². The third-order valence-corrected chi connectivity index (χ3v) is 7.91. The van der Waals surface area contributed by atoms with Crippen molar-refractivity contribution < 1.29 is 19.2 Å². The number of fused-ring (bicyclic) bond motifs is 1. The molecule has 0 saturated carbocycles. The van der Waals surface area contributed by atoms with Crippen LogP contribution in [0, 0.1) is 12.8 Å². The molecule has 0 aliphatic heterocycles. The molecule has 4 aromatic carbocycles. The van der Waals surface area contributed by atoms with Crippen LogP contribution in [0.25, 0.3) is 10.8 Å². The summed E-state index contributed by atoms with van der Waals surface area (Å²) in [4.78, 5) is 51.8. The van der Waals surface area contributed by atoms with E-state index in [4.69, 9.17) is 5.73 Å². The summed E-state index contributed by atoms with van der Waals surface area (Å²) in [6, 6.07) is 26.5. The summed E-state index contributed by atoms with van der Waals surface area (Å²) in [5.74, 6) is 0.0920. The van der Waals surface area contributed by atoms with Crippen molar-refractivity contribution in [3.8, 4) is 0 Å². The van der Waals surface area contributed by atoms with Gasteiger partial charge in [-0.25, -0.2) is 0 Å². The molecule has 0 spiro atoms. The summed E-state index contributed by atoms with van der Waals surface area (Å²) in [6.45, 7) is 11.9. The molecule has 2 amide bonds. The van der Waals surface area contributed by atoms with E-state index in [1.54, 1.807) is 41.0 Å². The number of nitrogens with zero attached hydrogens (tertiary/aromatic N) is 2. The van der Waals surface area contributed by atoms with Crippen LogP contribution < -0.4 is 15.5 Å². The van der Waals surface area contributed by atoms with Gasteiger partial charge < -0.3 is 15.5 Å². The summed E-state index contributed by atoms with van der Waals surface area (Å²) < 4.78 is 0. The van der Waals surface area contributed by atoms with E-state index in [0.717, 1.165) is 41.2 Å². The Labute approximate surface area is 267 Å². The highest BCUT2D eigenvalue weighted by Gasteiger charge is 2.25. The maximum Gasteiger partial charge on any atom is 0.258 e. The maximum atomic E-state index is 14.0. The standard InChI is InChI=1S/C34H36N2O3.C4H9NO/c1-5-10-24(2)21-36(34(39)29-19-17-27(18-20-29)26(4)38)33-14-9-8-13-32(33)35(23-37)22-31-25(3)15-16-28-11-6-7-12-30(28)31;1-3(5)4(2)6/h6-9,11-20,23-24H,5,10,21-22H2,1-4H3;3H,5H2,1-2H3. The van der Waals surface area contributed by atoms with Gasteiger partial charge in [0.2, 0.25) is 6.41 Å². The second kappa shape index (κ2) is 16.5. The van der Waals surface area contributed by atoms with Crippen molar-refractivity contribution in [1.82, 2.24) is 0 Å². The van der Waals surface area contributed by atoms with Crippen molar-refractivity contribution >= 4 is 46.0 Å². The molecule has 236 valence electrons. The summed E-state index contributed by atoms with van der Waals surface area (Å²) >= 11 is 0. The number of para-hydroxylation sites is 2. The molecule has 2 unspecified atom stereocenters. The first-order valence-electron chi connectivity index (χ1n) is 15.5. The summed E-state index contributed by atoms with van der Waals surface area (Å²) in [5, 5.41) is 2.23. The second-order valence-electron chi connectivity index (χ2n) is 11.6. The lowest BCUT2D eigenvalue weighted by Gasteiger charge is -2.31. The Bertz CT molecular complexity index is 1630. The highest BCUT2D eigenvalue weighted by atomic mass is 16.2. The molecule has 2 N–H and O–H groups in total. The van der Waals surface area contributed by atoms with E-state index in [9.17, 15) is 19.2 Å². The average molecular weight is 608 g/mol. The minimum atomic E-state index is -0.287. The molecular weight excluding hydrogens is 562 g/mol. The quantitative estimate of drug-likeness (QED) is 0.133. The Hall–Kier alpha value is -4.62. The molecule has 4 rings (SSSR count). The summed E-state index contributed by atoms with van der Waals surface area (Å²) in [6.07, 6.45) is 2.83. The van der Waals surface area contributed by atoms with Gasteiger partial charge in [-0.2, -0.15) is 0 Å². The number of hydrogen-bond donors (Lipinski definition) is 1. The minimum absolute atomic E-state index is 0.0370. The minimum Gasteiger partial charge on any atom is -0.322 e. The number of amides is 2. The topological polar surface area (TPSA) is 101 Å². The highest BCUT2D eigenvalue weighted by molar-refractivity contribution is 6.09. The maximum absolute atomic E-state index is 14.0.